The Morgan fingerprint density at radius 2 is 0.681 bits per heavy atom. The third-order valence-corrected chi connectivity index (χ3v) is 20.0. The second kappa shape index (κ2) is 27.5. The largest absolute Gasteiger partial charge is 0.481 e. The number of anilines is 6. The number of H-pyrrole nitrogens is 2. The number of carbonyl (C=O) groups is 4. The average molecular weight is 1300 g/mol. The minimum absolute atomic E-state index is 0.0296. The molecule has 7 N–H and O–H groups in total. The number of aromatic amines is 2. The first-order valence-corrected chi connectivity index (χ1v) is 33.0. The molecule has 0 saturated carbocycles. The maximum absolute atomic E-state index is 11.4. The summed E-state index contributed by atoms with van der Waals surface area (Å²) in [6.07, 6.45) is 1.76. The first kappa shape index (κ1) is 61.4. The van der Waals surface area contributed by atoms with Crippen molar-refractivity contribution in [2.24, 2.45) is 4.40 Å². The van der Waals surface area contributed by atoms with Gasteiger partial charge in [0.05, 0.1) is 37.9 Å². The highest BCUT2D eigenvalue weighted by atomic mass is 32.1. The van der Waals surface area contributed by atoms with Crippen LogP contribution in [-0.2, 0) is 44.9 Å². The maximum atomic E-state index is 11.4. The van der Waals surface area contributed by atoms with Gasteiger partial charge in [0.1, 0.15) is 5.36 Å². The van der Waals surface area contributed by atoms with E-state index in [4.69, 9.17) is 0 Å². The van der Waals surface area contributed by atoms with Crippen LogP contribution in [0.4, 0.5) is 34.1 Å². The van der Waals surface area contributed by atoms with E-state index >= 15 is 0 Å². The summed E-state index contributed by atoms with van der Waals surface area (Å²) in [5.74, 6) is -3.42. The number of aryl methyl sites for hydroxylation is 4. The Balaban J connectivity index is 0.910. The molecule has 91 heavy (non-hydrogen) atoms. The van der Waals surface area contributed by atoms with Crippen molar-refractivity contribution in [3.63, 3.8) is 0 Å². The van der Waals surface area contributed by atoms with Gasteiger partial charge in [0, 0.05) is 90.4 Å². The number of hydrogen-bond donors (Lipinski definition) is 8. The van der Waals surface area contributed by atoms with Crippen LogP contribution in [0.2, 0.25) is 0 Å². The van der Waals surface area contributed by atoms with Crippen LogP contribution in [0, 0.1) is 5.41 Å². The van der Waals surface area contributed by atoms with Crippen molar-refractivity contribution in [3.05, 3.63) is 238 Å². The quantitative estimate of drug-likeness (QED) is 0.0267. The maximum Gasteiger partial charge on any atom is 0.303 e. The lowest BCUT2D eigenvalue weighted by Gasteiger charge is -2.26. The highest BCUT2D eigenvalue weighted by molar-refractivity contribution is 7.78. The fourth-order valence-electron chi connectivity index (χ4n) is 11.1. The molecule has 10 aromatic rings. The topological polar surface area (TPSA) is 223 Å². The molecule has 454 valence electrons. The summed E-state index contributed by atoms with van der Waals surface area (Å²) >= 11 is 11.0. The Labute approximate surface area is 545 Å². The summed E-state index contributed by atoms with van der Waals surface area (Å²) in [7, 11) is 0. The Morgan fingerprint density at radius 3 is 0.978 bits per heavy atom. The Kier molecular flexibility index (Phi) is 18.5. The number of benzene rings is 7. The number of aliphatic carboxylic acids is 4. The molecule has 4 aromatic heterocycles. The van der Waals surface area contributed by atoms with Crippen LogP contribution < -0.4 is 20.5 Å². The molecule has 0 bridgehead atoms. The first-order chi connectivity index (χ1) is 44.2. The molecule has 0 fully saturated rings. The van der Waals surface area contributed by atoms with Crippen molar-refractivity contribution >= 4 is 116 Å². The number of carboxylic acids is 4. The van der Waals surface area contributed by atoms with Gasteiger partial charge in [-0.25, -0.2) is 4.40 Å². The van der Waals surface area contributed by atoms with Gasteiger partial charge in [0.25, 0.3) is 0 Å². The molecule has 0 amide bonds. The number of carboxylic acid groups (broad SMARTS) is 4. The molecule has 0 saturated heterocycles. The van der Waals surface area contributed by atoms with Gasteiger partial charge in [-0.2, -0.15) is 0 Å². The molecule has 14 nitrogen and oxygen atoms in total. The second-order valence-electron chi connectivity index (χ2n) is 21.6. The van der Waals surface area contributed by atoms with E-state index in [0.29, 0.717) is 36.6 Å². The first-order valence-electron chi connectivity index (χ1n) is 29.2. The molecule has 6 aromatic carbocycles. The van der Waals surface area contributed by atoms with Gasteiger partial charge in [-0.05, 0) is 192 Å². The molecule has 1 aliphatic carbocycles. The molecular weight excluding hydrogens is 1240 g/mol. The molecule has 0 radical (unpaired) electrons. The minimum Gasteiger partial charge on any atom is -0.481 e. The van der Waals surface area contributed by atoms with Gasteiger partial charge >= 0.3 is 23.9 Å². The lowest BCUT2D eigenvalue weighted by atomic mass is 9.97. The normalized spacial score (nSPS) is 11.5. The van der Waals surface area contributed by atoms with Crippen molar-refractivity contribution in [2.75, 3.05) is 9.80 Å². The third-order valence-electron chi connectivity index (χ3n) is 15.7. The Morgan fingerprint density at radius 1 is 0.385 bits per heavy atom. The van der Waals surface area contributed by atoms with Gasteiger partial charge in [0.2, 0.25) is 0 Å². The summed E-state index contributed by atoms with van der Waals surface area (Å²) in [4.78, 5) is 63.3. The van der Waals surface area contributed by atoms with Crippen LogP contribution in [-0.4, -0.2) is 54.3 Å². The molecule has 0 unspecified atom stereocenters. The zero-order chi connectivity index (χ0) is 63.1. The van der Waals surface area contributed by atoms with Crippen molar-refractivity contribution in [2.45, 2.75) is 51.4 Å². The van der Waals surface area contributed by atoms with E-state index < -0.39 is 23.9 Å². The highest BCUT2D eigenvalue weighted by Gasteiger charge is 2.28. The van der Waals surface area contributed by atoms with Crippen molar-refractivity contribution in [1.82, 2.24) is 9.97 Å². The van der Waals surface area contributed by atoms with E-state index in [9.17, 15) is 45.0 Å². The summed E-state index contributed by atoms with van der Waals surface area (Å²) in [6, 6.07) is 64.6. The molecule has 1 aliphatic heterocycles. The molecule has 2 aliphatic rings. The summed E-state index contributed by atoms with van der Waals surface area (Å²) < 4.78 is 4.63. The number of nitrogens with one attached hydrogen (secondary N) is 3. The Hall–Kier alpha value is -9.89. The van der Waals surface area contributed by atoms with E-state index in [1.54, 1.807) is 45.3 Å². The Bertz CT molecular complexity index is 4550. The number of rotatable bonds is 24. The van der Waals surface area contributed by atoms with Gasteiger partial charge in [-0.1, -0.05) is 84.9 Å². The molecule has 0 spiro atoms. The molecule has 5 heterocycles. The van der Waals surface area contributed by atoms with Crippen LogP contribution >= 0.6 is 58.2 Å². The number of aromatic nitrogens is 2. The van der Waals surface area contributed by atoms with Crippen LogP contribution in [0.15, 0.2) is 209 Å². The van der Waals surface area contributed by atoms with Crippen molar-refractivity contribution in [3.8, 4) is 74.3 Å². The molecule has 0 atom stereocenters. The predicted molar refractivity (Wildman–Crippen MR) is 369 cm³/mol. The van der Waals surface area contributed by atoms with Crippen LogP contribution in [0.1, 0.15) is 47.9 Å². The van der Waals surface area contributed by atoms with E-state index in [-0.39, 0.29) is 31.0 Å². The number of nitrogens with zero attached hydrogens (tertiary/aromatic N) is 3. The number of thiol groups is 1. The second-order valence-corrected chi connectivity index (χ2v) is 25.9. The van der Waals surface area contributed by atoms with Crippen LogP contribution in [0.3, 0.4) is 0 Å². The van der Waals surface area contributed by atoms with Gasteiger partial charge < -0.3 is 40.2 Å². The monoisotopic (exact) mass is 1290 g/mol. The minimum atomic E-state index is -0.855. The fraction of sp³-hybridized carbons (Fsp3) is 0.111. The lowest BCUT2D eigenvalue weighted by molar-refractivity contribution is -0.138. The van der Waals surface area contributed by atoms with E-state index in [1.807, 2.05) is 109 Å². The lowest BCUT2D eigenvalue weighted by Crippen LogP contribution is -2.30. The van der Waals surface area contributed by atoms with E-state index in [1.165, 1.54) is 0 Å². The molecular formula is C72H58N6O8S5. The number of fused-ring (bicyclic) bond motifs is 1. The molecule has 19 heteroatoms. The highest BCUT2D eigenvalue weighted by Crippen LogP contribution is 2.47. The van der Waals surface area contributed by atoms with Gasteiger partial charge in [-0.3, -0.25) is 24.6 Å². The number of hydrogen-bond acceptors (Lipinski definition) is 13. The zero-order valence-corrected chi connectivity index (χ0v) is 52.8. The standard InChI is InChI=1S/C72H58N6O8S5/c73-67-65(57-35-33-55(90-57)47-17-29-53(30-18-47)77(49-21-5-43(6-22-49)13-37-61(79)80)50-23-7-44(8-24-50)14-38-62(81)82)71-72(75-69(60-4-2-42-89-60)68(74-71)59-3-1-41-88-59)66(70(67)76-87)58-36-34-56(91-58)48-19-31-54(32-20-48)78(51-25-9-45(10-26-51)15-39-63(83)84)52-27-11-46(12-28-52)16-40-64(85)86/h1-12,17-36,41-42,73-75,87H,13-16,37-40H2,(H,79,80)(H,81,82)(H,83,84)(H,85,86). The van der Waals surface area contributed by atoms with Crippen molar-refractivity contribution in [1.29, 1.82) is 5.41 Å². The summed E-state index contributed by atoms with van der Waals surface area (Å²) in [6.45, 7) is 0. The van der Waals surface area contributed by atoms with E-state index in [2.05, 4.69) is 133 Å². The SMILES string of the molecule is N=c1c(-c2ccc(-c3ccc(N(c4ccc(CCC(=O)O)cc4)c4ccc(CCC(=O)O)cc4)cc3)s2)c2[nH]c(-c3cccs3)c(-c3cccs3)[nH]c-2c(-c2ccc(-c3ccc(N(c4ccc(CCC(=O)O)cc4)c4ccc(CCC(=O)O)cc4)cc3)s2)c1=NS. The number of thiophene rings is 4. The van der Waals surface area contributed by atoms with Crippen molar-refractivity contribution < 1.29 is 39.6 Å². The summed E-state index contributed by atoms with van der Waals surface area (Å²) in [5, 5.41) is 52.2. The van der Waals surface area contributed by atoms with Gasteiger partial charge in [-0.15, -0.1) is 45.3 Å². The summed E-state index contributed by atoms with van der Waals surface area (Å²) in [5.41, 5.74) is 15.5. The fourth-order valence-corrected chi connectivity index (χ4v) is 14.9. The third kappa shape index (κ3) is 13.8. The zero-order valence-electron chi connectivity index (χ0n) is 48.6. The van der Waals surface area contributed by atoms with Crippen LogP contribution in [0.5, 0.6) is 0 Å². The smallest absolute Gasteiger partial charge is 0.303 e. The predicted octanol–water partition coefficient (Wildman–Crippen LogP) is 17.9. The van der Waals surface area contributed by atoms with Gasteiger partial charge in [0.15, 0.2) is 0 Å². The van der Waals surface area contributed by atoms with E-state index in [0.717, 1.165) is 125 Å². The average Bonchev–Trinajstić information content (AvgIpc) is 1.73. The molecule has 12 rings (SSSR count). The van der Waals surface area contributed by atoms with Crippen LogP contribution in [0.25, 0.3) is 74.3 Å².